The van der Waals surface area contributed by atoms with Crippen LogP contribution in [0.5, 0.6) is 0 Å². The molecule has 0 aliphatic rings. The molecule has 0 saturated carbocycles. The van der Waals surface area contributed by atoms with Gasteiger partial charge in [-0.15, -0.1) is 0 Å². The summed E-state index contributed by atoms with van der Waals surface area (Å²) in [6.07, 6.45) is 4.02. The normalized spacial score (nSPS) is 12.7. The summed E-state index contributed by atoms with van der Waals surface area (Å²) in [5.41, 5.74) is 0.735. The molecule has 0 saturated heterocycles. The third-order valence-corrected chi connectivity index (χ3v) is 3.23. The lowest BCUT2D eigenvalue weighted by molar-refractivity contribution is -0.117. The number of carbonyl (C=O) groups is 1. The van der Waals surface area contributed by atoms with Crippen LogP contribution < -0.4 is 5.32 Å². The van der Waals surface area contributed by atoms with E-state index in [-0.39, 0.29) is 11.9 Å². The standard InChI is InChI=1S/C13H15Cl2NO/c1-3-9(2)16-12(17)8-7-10-5-4-6-11(14)13(10)15/h4-9H,3H2,1-2H3,(H,16,17)/b8-7+. The van der Waals surface area contributed by atoms with Gasteiger partial charge in [-0.2, -0.15) is 0 Å². The molecule has 0 aromatic heterocycles. The van der Waals surface area contributed by atoms with Gasteiger partial charge in [0.15, 0.2) is 0 Å². The van der Waals surface area contributed by atoms with Crippen LogP contribution >= 0.6 is 23.2 Å². The van der Waals surface area contributed by atoms with E-state index in [1.807, 2.05) is 13.8 Å². The molecular weight excluding hydrogens is 257 g/mol. The molecule has 1 aromatic carbocycles. The molecule has 1 atom stereocenters. The Morgan fingerprint density at radius 3 is 2.82 bits per heavy atom. The van der Waals surface area contributed by atoms with Gasteiger partial charge in [-0.05, 0) is 31.1 Å². The van der Waals surface area contributed by atoms with Crippen LogP contribution in [0.15, 0.2) is 24.3 Å². The van der Waals surface area contributed by atoms with Gasteiger partial charge in [0, 0.05) is 12.1 Å². The predicted octanol–water partition coefficient (Wildman–Crippen LogP) is 3.92. The van der Waals surface area contributed by atoms with Crippen LogP contribution in [0.2, 0.25) is 10.0 Å². The van der Waals surface area contributed by atoms with Gasteiger partial charge in [-0.3, -0.25) is 4.79 Å². The number of nitrogens with one attached hydrogen (secondary N) is 1. The van der Waals surface area contributed by atoms with E-state index in [0.29, 0.717) is 10.0 Å². The lowest BCUT2D eigenvalue weighted by atomic mass is 10.2. The summed E-state index contributed by atoms with van der Waals surface area (Å²) in [5.74, 6) is -0.129. The highest BCUT2D eigenvalue weighted by atomic mass is 35.5. The minimum absolute atomic E-state index is 0.129. The second-order valence-electron chi connectivity index (χ2n) is 3.79. The Morgan fingerprint density at radius 1 is 1.47 bits per heavy atom. The van der Waals surface area contributed by atoms with Crippen LogP contribution in [0.4, 0.5) is 0 Å². The fourth-order valence-corrected chi connectivity index (χ4v) is 1.58. The zero-order chi connectivity index (χ0) is 12.8. The van der Waals surface area contributed by atoms with Gasteiger partial charge < -0.3 is 5.32 Å². The van der Waals surface area contributed by atoms with Gasteiger partial charge in [-0.25, -0.2) is 0 Å². The average molecular weight is 272 g/mol. The van der Waals surface area contributed by atoms with E-state index >= 15 is 0 Å². The maximum atomic E-state index is 11.5. The van der Waals surface area contributed by atoms with Gasteiger partial charge in [0.2, 0.25) is 5.91 Å². The summed E-state index contributed by atoms with van der Waals surface area (Å²) in [6, 6.07) is 5.48. The minimum Gasteiger partial charge on any atom is -0.350 e. The summed E-state index contributed by atoms with van der Waals surface area (Å²) >= 11 is 11.9. The van der Waals surface area contributed by atoms with Crippen molar-refractivity contribution in [2.24, 2.45) is 0 Å². The molecule has 1 amide bonds. The molecule has 4 heteroatoms. The van der Waals surface area contributed by atoms with Gasteiger partial charge >= 0.3 is 0 Å². The van der Waals surface area contributed by atoms with Gasteiger partial charge in [0.1, 0.15) is 0 Å². The van der Waals surface area contributed by atoms with Crippen LogP contribution in [0.3, 0.4) is 0 Å². The number of halogens is 2. The van der Waals surface area contributed by atoms with Crippen LogP contribution in [0.25, 0.3) is 6.08 Å². The first-order valence-corrected chi connectivity index (χ1v) is 6.22. The first kappa shape index (κ1) is 14.1. The third-order valence-electron chi connectivity index (χ3n) is 2.40. The summed E-state index contributed by atoms with van der Waals surface area (Å²) in [6.45, 7) is 3.97. The summed E-state index contributed by atoms with van der Waals surface area (Å²) < 4.78 is 0. The molecule has 0 spiro atoms. The molecule has 1 rings (SSSR count). The molecule has 1 N–H and O–H groups in total. The van der Waals surface area contributed by atoms with E-state index in [9.17, 15) is 4.79 Å². The van der Waals surface area contributed by atoms with Crippen LogP contribution in [-0.2, 0) is 4.79 Å². The first-order chi connectivity index (χ1) is 8.04. The zero-order valence-corrected chi connectivity index (χ0v) is 11.3. The van der Waals surface area contributed by atoms with E-state index in [4.69, 9.17) is 23.2 Å². The van der Waals surface area contributed by atoms with E-state index in [2.05, 4.69) is 5.32 Å². The largest absolute Gasteiger partial charge is 0.350 e. The number of benzene rings is 1. The molecule has 2 nitrogen and oxygen atoms in total. The Morgan fingerprint density at radius 2 is 2.18 bits per heavy atom. The summed E-state index contributed by atoms with van der Waals surface area (Å²) in [4.78, 5) is 11.5. The van der Waals surface area contributed by atoms with Gasteiger partial charge in [0.05, 0.1) is 10.0 Å². The molecule has 1 unspecified atom stereocenters. The van der Waals surface area contributed by atoms with Crippen molar-refractivity contribution in [1.29, 1.82) is 0 Å². The highest BCUT2D eigenvalue weighted by molar-refractivity contribution is 6.42. The summed E-state index contributed by atoms with van der Waals surface area (Å²) in [5, 5.41) is 3.77. The molecule has 0 fully saturated rings. The van der Waals surface area contributed by atoms with Crippen molar-refractivity contribution in [3.8, 4) is 0 Å². The van der Waals surface area contributed by atoms with Crippen molar-refractivity contribution < 1.29 is 4.79 Å². The molecule has 1 aromatic rings. The van der Waals surface area contributed by atoms with Gasteiger partial charge in [0.25, 0.3) is 0 Å². The molecule has 0 aliphatic carbocycles. The van der Waals surface area contributed by atoms with Crippen molar-refractivity contribution in [2.45, 2.75) is 26.3 Å². The molecule has 0 bridgehead atoms. The molecular formula is C13H15Cl2NO. The highest BCUT2D eigenvalue weighted by Gasteiger charge is 2.03. The van der Waals surface area contributed by atoms with Crippen molar-refractivity contribution in [2.75, 3.05) is 0 Å². The zero-order valence-electron chi connectivity index (χ0n) is 9.84. The van der Waals surface area contributed by atoms with Crippen molar-refractivity contribution in [3.63, 3.8) is 0 Å². The Kier molecular flexibility index (Phi) is 5.52. The van der Waals surface area contributed by atoms with E-state index in [1.54, 1.807) is 24.3 Å². The average Bonchev–Trinajstić information content (AvgIpc) is 2.31. The molecule has 0 aliphatic heterocycles. The second-order valence-corrected chi connectivity index (χ2v) is 4.58. The summed E-state index contributed by atoms with van der Waals surface area (Å²) in [7, 11) is 0. The van der Waals surface area contributed by atoms with E-state index in [1.165, 1.54) is 6.08 Å². The Hall–Kier alpha value is -0.990. The Balaban J connectivity index is 2.71. The number of amides is 1. The van der Waals surface area contributed by atoms with Crippen molar-refractivity contribution in [1.82, 2.24) is 5.32 Å². The fourth-order valence-electron chi connectivity index (χ4n) is 1.21. The van der Waals surface area contributed by atoms with Crippen LogP contribution in [-0.4, -0.2) is 11.9 Å². The van der Waals surface area contributed by atoms with Crippen molar-refractivity contribution in [3.05, 3.63) is 39.9 Å². The van der Waals surface area contributed by atoms with E-state index < -0.39 is 0 Å². The minimum atomic E-state index is -0.129. The molecule has 0 heterocycles. The lowest BCUT2D eigenvalue weighted by Gasteiger charge is -2.08. The topological polar surface area (TPSA) is 29.1 Å². The predicted molar refractivity (Wildman–Crippen MR) is 73.4 cm³/mol. The highest BCUT2D eigenvalue weighted by Crippen LogP contribution is 2.26. The molecule has 17 heavy (non-hydrogen) atoms. The number of hydrogen-bond donors (Lipinski definition) is 1. The van der Waals surface area contributed by atoms with Crippen LogP contribution in [0, 0.1) is 0 Å². The smallest absolute Gasteiger partial charge is 0.244 e. The monoisotopic (exact) mass is 271 g/mol. The van der Waals surface area contributed by atoms with Gasteiger partial charge in [-0.1, -0.05) is 42.3 Å². The second kappa shape index (κ2) is 6.67. The first-order valence-electron chi connectivity index (χ1n) is 5.47. The molecule has 0 radical (unpaired) electrons. The number of carbonyl (C=O) groups excluding carboxylic acids is 1. The van der Waals surface area contributed by atoms with E-state index in [0.717, 1.165) is 12.0 Å². The Labute approximate surface area is 112 Å². The maximum absolute atomic E-state index is 11.5. The number of hydrogen-bond acceptors (Lipinski definition) is 1. The fraction of sp³-hybridized carbons (Fsp3) is 0.308. The maximum Gasteiger partial charge on any atom is 0.244 e. The Bertz CT molecular complexity index is 429. The SMILES string of the molecule is CCC(C)NC(=O)/C=C/c1cccc(Cl)c1Cl. The van der Waals surface area contributed by atoms with Crippen LogP contribution in [0.1, 0.15) is 25.8 Å². The quantitative estimate of drug-likeness (QED) is 0.827. The third kappa shape index (κ3) is 4.41. The lowest BCUT2D eigenvalue weighted by Crippen LogP contribution is -2.30. The number of rotatable bonds is 4. The van der Waals surface area contributed by atoms with Crippen molar-refractivity contribution >= 4 is 35.2 Å². The molecule has 92 valence electrons.